The number of thiocyanates is 1. The second-order valence-corrected chi connectivity index (χ2v) is 4.43. The summed E-state index contributed by atoms with van der Waals surface area (Å²) in [6, 6.07) is 0. The van der Waals surface area contributed by atoms with Gasteiger partial charge in [0.25, 0.3) is 0 Å². The summed E-state index contributed by atoms with van der Waals surface area (Å²) in [7, 11) is 0. The molecule has 0 aliphatic heterocycles. The van der Waals surface area contributed by atoms with Crippen molar-refractivity contribution in [3.05, 3.63) is 20.1 Å². The van der Waals surface area contributed by atoms with Crippen molar-refractivity contribution in [3.8, 4) is 11.2 Å². The van der Waals surface area contributed by atoms with Crippen LogP contribution in [0.4, 0.5) is 0 Å². The van der Waals surface area contributed by atoms with Gasteiger partial charge in [0.15, 0.2) is 5.75 Å². The van der Waals surface area contributed by atoms with Crippen molar-refractivity contribution in [2.24, 2.45) is 0 Å². The highest BCUT2D eigenvalue weighted by atomic mass is 35.5. The summed E-state index contributed by atoms with van der Waals surface area (Å²) in [5.74, 6) is -0.384. The van der Waals surface area contributed by atoms with Crippen molar-refractivity contribution >= 4 is 58.2 Å². The Kier molecular flexibility index (Phi) is 4.05. The zero-order valence-electron chi connectivity index (χ0n) is 6.31. The Labute approximate surface area is 104 Å². The monoisotopic (exact) mass is 287 g/mol. The number of aromatic hydroxyl groups is 1. The molecule has 0 unspecified atom stereocenters. The number of phenolic OH excluding ortho intramolecular Hbond substituents is 1. The van der Waals surface area contributed by atoms with Gasteiger partial charge in [-0.1, -0.05) is 46.4 Å². The lowest BCUT2D eigenvalue weighted by atomic mass is 10.3. The van der Waals surface area contributed by atoms with Crippen LogP contribution < -0.4 is 0 Å². The normalized spacial score (nSPS) is 9.93. The van der Waals surface area contributed by atoms with Gasteiger partial charge in [-0.3, -0.25) is 0 Å². The summed E-state index contributed by atoms with van der Waals surface area (Å²) >= 11 is 23.5. The number of rotatable bonds is 1. The van der Waals surface area contributed by atoms with Gasteiger partial charge in [-0.15, -0.1) is 0 Å². The molecule has 14 heavy (non-hydrogen) atoms. The van der Waals surface area contributed by atoms with Gasteiger partial charge >= 0.3 is 0 Å². The van der Waals surface area contributed by atoms with E-state index in [1.807, 2.05) is 0 Å². The van der Waals surface area contributed by atoms with Crippen LogP contribution in [-0.2, 0) is 0 Å². The van der Waals surface area contributed by atoms with Crippen LogP contribution >= 0.6 is 58.2 Å². The van der Waals surface area contributed by atoms with E-state index < -0.39 is 0 Å². The van der Waals surface area contributed by atoms with E-state index in [-0.39, 0.29) is 30.7 Å². The molecule has 2 nitrogen and oxygen atoms in total. The number of thioether (sulfide) groups is 1. The van der Waals surface area contributed by atoms with Gasteiger partial charge in [0.2, 0.25) is 0 Å². The summed E-state index contributed by atoms with van der Waals surface area (Å²) in [6.07, 6.45) is 0. The fraction of sp³-hybridized carbons (Fsp3) is 0. The number of nitrogens with zero attached hydrogens (tertiary/aromatic N) is 1. The Morgan fingerprint density at radius 3 is 1.79 bits per heavy atom. The van der Waals surface area contributed by atoms with Crippen molar-refractivity contribution < 1.29 is 5.11 Å². The summed E-state index contributed by atoms with van der Waals surface area (Å²) < 4.78 is 0. The molecule has 1 aromatic rings. The average molecular weight is 289 g/mol. The zero-order valence-corrected chi connectivity index (χ0v) is 10.2. The van der Waals surface area contributed by atoms with Gasteiger partial charge in [0.1, 0.15) is 15.4 Å². The van der Waals surface area contributed by atoms with Gasteiger partial charge in [-0.25, -0.2) is 0 Å². The van der Waals surface area contributed by atoms with Crippen molar-refractivity contribution in [1.29, 1.82) is 5.26 Å². The van der Waals surface area contributed by atoms with Crippen molar-refractivity contribution in [3.63, 3.8) is 0 Å². The molecule has 0 aromatic heterocycles. The van der Waals surface area contributed by atoms with Crippen LogP contribution in [0.25, 0.3) is 0 Å². The second kappa shape index (κ2) is 4.69. The highest BCUT2D eigenvalue weighted by Crippen LogP contribution is 2.48. The SMILES string of the molecule is N#CSc1c(Cl)c(Cl)c(O)c(Cl)c1Cl. The van der Waals surface area contributed by atoms with E-state index in [4.69, 9.17) is 51.7 Å². The molecule has 0 bridgehead atoms. The minimum atomic E-state index is -0.384. The molecule has 0 aliphatic carbocycles. The number of hydrogen-bond acceptors (Lipinski definition) is 3. The Morgan fingerprint density at radius 1 is 1.00 bits per heavy atom. The minimum absolute atomic E-state index is 0.0186. The lowest BCUT2D eigenvalue weighted by Gasteiger charge is -2.08. The third-order valence-corrected chi connectivity index (χ3v) is 3.96. The molecule has 0 amide bonds. The molecule has 0 fully saturated rings. The van der Waals surface area contributed by atoms with E-state index >= 15 is 0 Å². The predicted molar refractivity (Wildman–Crippen MR) is 59.6 cm³/mol. The first-order chi connectivity index (χ1) is 6.50. The van der Waals surface area contributed by atoms with Crippen LogP contribution in [0, 0.1) is 10.7 Å². The molecule has 0 heterocycles. The van der Waals surface area contributed by atoms with Crippen molar-refractivity contribution in [1.82, 2.24) is 0 Å². The summed E-state index contributed by atoms with van der Waals surface area (Å²) in [6.45, 7) is 0. The third kappa shape index (κ3) is 2.00. The lowest BCUT2D eigenvalue weighted by Crippen LogP contribution is -1.82. The fourth-order valence-corrected chi connectivity index (χ4v) is 2.40. The Morgan fingerprint density at radius 2 is 1.43 bits per heavy atom. The first-order valence-corrected chi connectivity index (χ1v) is 5.44. The molecule has 1 rings (SSSR count). The van der Waals surface area contributed by atoms with Gasteiger partial charge in [-0.2, -0.15) is 5.26 Å². The van der Waals surface area contributed by atoms with Gasteiger partial charge in [-0.05, 0) is 11.8 Å². The number of benzene rings is 1. The molecule has 74 valence electrons. The Hall–Kier alpha value is 0.0200. The molecule has 0 aliphatic rings. The van der Waals surface area contributed by atoms with E-state index in [0.717, 1.165) is 11.8 Å². The second-order valence-electron chi connectivity index (χ2n) is 2.13. The molecule has 7 heteroatoms. The number of nitriles is 1. The standard InChI is InChI=1S/C7HCl4NOS/c8-2-4(10)7(14-1-12)5(11)3(9)6(2)13/h13H. The minimum Gasteiger partial charge on any atom is -0.505 e. The predicted octanol–water partition coefficient (Wildman–Crippen LogP) is 4.58. The summed E-state index contributed by atoms with van der Waals surface area (Å²) in [4.78, 5) is 0.239. The maximum atomic E-state index is 9.34. The quantitative estimate of drug-likeness (QED) is 0.467. The number of hydrogen-bond donors (Lipinski definition) is 1. The highest BCUT2D eigenvalue weighted by Gasteiger charge is 2.20. The van der Waals surface area contributed by atoms with E-state index in [1.54, 1.807) is 5.40 Å². The van der Waals surface area contributed by atoms with Gasteiger partial charge < -0.3 is 5.11 Å². The number of halogens is 4. The van der Waals surface area contributed by atoms with Crippen LogP contribution in [0.5, 0.6) is 5.75 Å². The van der Waals surface area contributed by atoms with E-state index in [2.05, 4.69) is 0 Å². The van der Waals surface area contributed by atoms with Gasteiger partial charge in [0.05, 0.1) is 14.9 Å². The van der Waals surface area contributed by atoms with Crippen LogP contribution in [0.1, 0.15) is 0 Å². The summed E-state index contributed by atoms with van der Waals surface area (Å²) in [5.41, 5.74) is 0. The van der Waals surface area contributed by atoms with E-state index in [1.165, 1.54) is 0 Å². The van der Waals surface area contributed by atoms with E-state index in [0.29, 0.717) is 0 Å². The smallest absolute Gasteiger partial charge is 0.155 e. The maximum Gasteiger partial charge on any atom is 0.155 e. The number of phenols is 1. The zero-order chi connectivity index (χ0) is 10.9. The van der Waals surface area contributed by atoms with Gasteiger partial charge in [0, 0.05) is 0 Å². The maximum absolute atomic E-state index is 9.34. The van der Waals surface area contributed by atoms with Crippen LogP contribution in [0.3, 0.4) is 0 Å². The average Bonchev–Trinajstić information content (AvgIpc) is 2.19. The summed E-state index contributed by atoms with van der Waals surface area (Å²) in [5, 5.41) is 19.4. The molecular formula is C7HCl4NOS. The van der Waals surface area contributed by atoms with E-state index in [9.17, 15) is 5.11 Å². The topological polar surface area (TPSA) is 44.0 Å². The first-order valence-electron chi connectivity index (χ1n) is 3.11. The Balaban J connectivity index is 3.53. The van der Waals surface area contributed by atoms with Crippen LogP contribution in [0.15, 0.2) is 4.90 Å². The largest absolute Gasteiger partial charge is 0.505 e. The molecule has 0 saturated carbocycles. The molecular weight excluding hydrogens is 288 g/mol. The third-order valence-electron chi connectivity index (χ3n) is 1.35. The molecule has 1 aromatic carbocycles. The van der Waals surface area contributed by atoms with Crippen molar-refractivity contribution in [2.45, 2.75) is 4.90 Å². The van der Waals surface area contributed by atoms with Crippen molar-refractivity contribution in [2.75, 3.05) is 0 Å². The fourth-order valence-electron chi connectivity index (χ4n) is 0.735. The lowest BCUT2D eigenvalue weighted by molar-refractivity contribution is 0.475. The molecule has 0 radical (unpaired) electrons. The van der Waals surface area contributed by atoms with Crippen LogP contribution in [-0.4, -0.2) is 5.11 Å². The first kappa shape index (κ1) is 12.1. The molecule has 0 spiro atoms. The molecule has 0 atom stereocenters. The highest BCUT2D eigenvalue weighted by molar-refractivity contribution is 8.04. The Bertz CT molecular complexity index is 400. The molecule has 1 N–H and O–H groups in total. The van der Waals surface area contributed by atoms with Crippen LogP contribution in [0.2, 0.25) is 20.1 Å². The molecule has 0 saturated heterocycles.